The summed E-state index contributed by atoms with van der Waals surface area (Å²) in [5, 5.41) is 3.38. The van der Waals surface area contributed by atoms with E-state index < -0.39 is 0 Å². The molecule has 0 fully saturated rings. The van der Waals surface area contributed by atoms with E-state index in [1.807, 2.05) is 37.3 Å². The minimum absolute atomic E-state index is 0.149. The van der Waals surface area contributed by atoms with Gasteiger partial charge in [-0.1, -0.05) is 42.4 Å². The summed E-state index contributed by atoms with van der Waals surface area (Å²) in [7, 11) is 0. The maximum absolute atomic E-state index is 14.3. The van der Waals surface area contributed by atoms with Crippen LogP contribution in [-0.4, -0.2) is 6.54 Å². The number of nitrogens with one attached hydrogen (secondary N) is 1. The van der Waals surface area contributed by atoms with Crippen molar-refractivity contribution < 1.29 is 4.39 Å². The van der Waals surface area contributed by atoms with Crippen molar-refractivity contribution in [1.29, 1.82) is 0 Å². The van der Waals surface area contributed by atoms with Gasteiger partial charge in [-0.05, 0) is 56.6 Å². The molecule has 1 atom stereocenters. The molecule has 0 spiro atoms. The van der Waals surface area contributed by atoms with Gasteiger partial charge in [0.1, 0.15) is 5.82 Å². The SMILES string of the molecule is CCCNC(C)c1ccc(Sc2cccc(C)c2)c(F)c1. The van der Waals surface area contributed by atoms with E-state index >= 15 is 0 Å². The van der Waals surface area contributed by atoms with Crippen LogP contribution < -0.4 is 5.32 Å². The number of rotatable bonds is 6. The van der Waals surface area contributed by atoms with Crippen molar-refractivity contribution in [2.45, 2.75) is 43.0 Å². The third kappa shape index (κ3) is 4.58. The Kier molecular flexibility index (Phi) is 5.83. The van der Waals surface area contributed by atoms with E-state index in [2.05, 4.69) is 25.2 Å². The van der Waals surface area contributed by atoms with Gasteiger partial charge in [-0.15, -0.1) is 0 Å². The maximum Gasteiger partial charge on any atom is 0.137 e. The Bertz CT molecular complexity index is 598. The van der Waals surface area contributed by atoms with Crippen molar-refractivity contribution in [2.75, 3.05) is 6.54 Å². The lowest BCUT2D eigenvalue weighted by atomic mass is 10.1. The van der Waals surface area contributed by atoms with Crippen LogP contribution in [0.1, 0.15) is 37.4 Å². The first-order chi connectivity index (χ1) is 10.1. The second-order valence-electron chi connectivity index (χ2n) is 5.28. The second-order valence-corrected chi connectivity index (χ2v) is 6.40. The van der Waals surface area contributed by atoms with E-state index in [9.17, 15) is 4.39 Å². The summed E-state index contributed by atoms with van der Waals surface area (Å²) >= 11 is 1.47. The number of benzene rings is 2. The zero-order valence-electron chi connectivity index (χ0n) is 12.8. The molecule has 1 N–H and O–H groups in total. The minimum atomic E-state index is -0.149. The van der Waals surface area contributed by atoms with Crippen LogP contribution >= 0.6 is 11.8 Å². The Morgan fingerprint density at radius 2 is 2.00 bits per heavy atom. The molecular weight excluding hydrogens is 281 g/mol. The normalized spacial score (nSPS) is 12.4. The first kappa shape index (κ1) is 16.1. The minimum Gasteiger partial charge on any atom is -0.310 e. The summed E-state index contributed by atoms with van der Waals surface area (Å²) in [5.41, 5.74) is 2.18. The van der Waals surface area contributed by atoms with Crippen LogP contribution in [0.3, 0.4) is 0 Å². The third-order valence-electron chi connectivity index (χ3n) is 3.37. The van der Waals surface area contributed by atoms with Gasteiger partial charge in [0.25, 0.3) is 0 Å². The fraction of sp³-hybridized carbons (Fsp3) is 0.333. The molecule has 0 amide bonds. The van der Waals surface area contributed by atoms with Crippen molar-refractivity contribution in [2.24, 2.45) is 0 Å². The average molecular weight is 303 g/mol. The molecule has 0 aliphatic rings. The summed E-state index contributed by atoms with van der Waals surface area (Å²) in [4.78, 5) is 1.74. The summed E-state index contributed by atoms with van der Waals surface area (Å²) in [6.07, 6.45) is 1.08. The van der Waals surface area contributed by atoms with Crippen molar-refractivity contribution in [3.05, 3.63) is 59.4 Å². The Morgan fingerprint density at radius 3 is 2.67 bits per heavy atom. The molecule has 0 heterocycles. The largest absolute Gasteiger partial charge is 0.310 e. The molecule has 0 aliphatic carbocycles. The van der Waals surface area contributed by atoms with Gasteiger partial charge in [-0.2, -0.15) is 0 Å². The monoisotopic (exact) mass is 303 g/mol. The molecule has 0 aromatic heterocycles. The molecule has 0 saturated heterocycles. The van der Waals surface area contributed by atoms with Crippen LogP contribution in [0.2, 0.25) is 0 Å². The highest BCUT2D eigenvalue weighted by Gasteiger charge is 2.09. The molecule has 3 heteroatoms. The van der Waals surface area contributed by atoms with E-state index in [1.165, 1.54) is 17.3 Å². The summed E-state index contributed by atoms with van der Waals surface area (Å²) in [6.45, 7) is 7.19. The predicted octanol–water partition coefficient (Wildman–Crippen LogP) is 5.35. The molecule has 1 nitrogen and oxygen atoms in total. The Morgan fingerprint density at radius 1 is 1.19 bits per heavy atom. The maximum atomic E-state index is 14.3. The zero-order valence-corrected chi connectivity index (χ0v) is 13.6. The Hall–Kier alpha value is -1.32. The lowest BCUT2D eigenvalue weighted by Crippen LogP contribution is -2.19. The highest BCUT2D eigenvalue weighted by molar-refractivity contribution is 7.99. The second kappa shape index (κ2) is 7.62. The molecule has 0 radical (unpaired) electrons. The van der Waals surface area contributed by atoms with Crippen molar-refractivity contribution in [1.82, 2.24) is 5.32 Å². The number of hydrogen-bond acceptors (Lipinski definition) is 2. The standard InChI is InChI=1S/C18H22FNS/c1-4-10-20-14(3)15-8-9-18(17(19)12-15)21-16-7-5-6-13(2)11-16/h5-9,11-12,14,20H,4,10H2,1-3H3. The molecule has 112 valence electrons. The van der Waals surface area contributed by atoms with E-state index in [0.29, 0.717) is 4.90 Å². The van der Waals surface area contributed by atoms with Crippen molar-refractivity contribution >= 4 is 11.8 Å². The van der Waals surface area contributed by atoms with Crippen LogP contribution in [0.25, 0.3) is 0 Å². The fourth-order valence-electron chi connectivity index (χ4n) is 2.15. The van der Waals surface area contributed by atoms with Crippen molar-refractivity contribution in [3.8, 4) is 0 Å². The molecule has 2 aromatic rings. The van der Waals surface area contributed by atoms with Gasteiger partial charge < -0.3 is 5.32 Å². The van der Waals surface area contributed by atoms with Gasteiger partial charge in [0.15, 0.2) is 0 Å². The van der Waals surface area contributed by atoms with Gasteiger partial charge in [0.2, 0.25) is 0 Å². The average Bonchev–Trinajstić information content (AvgIpc) is 2.47. The van der Waals surface area contributed by atoms with E-state index in [4.69, 9.17) is 0 Å². The quantitative estimate of drug-likeness (QED) is 0.772. The highest BCUT2D eigenvalue weighted by Crippen LogP contribution is 2.31. The van der Waals surface area contributed by atoms with Crippen LogP contribution in [0.15, 0.2) is 52.3 Å². The van der Waals surface area contributed by atoms with Gasteiger partial charge >= 0.3 is 0 Å². The van der Waals surface area contributed by atoms with Crippen LogP contribution in [0.5, 0.6) is 0 Å². The molecule has 21 heavy (non-hydrogen) atoms. The third-order valence-corrected chi connectivity index (χ3v) is 4.41. The van der Waals surface area contributed by atoms with E-state index in [1.54, 1.807) is 6.07 Å². The lowest BCUT2D eigenvalue weighted by Gasteiger charge is -2.14. The molecule has 2 rings (SSSR count). The van der Waals surface area contributed by atoms with Gasteiger partial charge in [0.05, 0.1) is 0 Å². The lowest BCUT2D eigenvalue weighted by molar-refractivity contribution is 0.556. The van der Waals surface area contributed by atoms with Crippen molar-refractivity contribution in [3.63, 3.8) is 0 Å². The first-order valence-corrected chi connectivity index (χ1v) is 8.19. The summed E-state index contributed by atoms with van der Waals surface area (Å²) in [6, 6.07) is 13.8. The smallest absolute Gasteiger partial charge is 0.137 e. The predicted molar refractivity (Wildman–Crippen MR) is 88.4 cm³/mol. The molecule has 1 unspecified atom stereocenters. The van der Waals surface area contributed by atoms with E-state index in [-0.39, 0.29) is 11.9 Å². The number of halogens is 1. The van der Waals surface area contributed by atoms with E-state index in [0.717, 1.165) is 23.4 Å². The molecule has 0 aliphatic heterocycles. The molecule has 2 aromatic carbocycles. The Balaban J connectivity index is 2.12. The number of aryl methyl sites for hydroxylation is 1. The summed E-state index contributed by atoms with van der Waals surface area (Å²) < 4.78 is 14.3. The first-order valence-electron chi connectivity index (χ1n) is 7.37. The van der Waals surface area contributed by atoms with Crippen LogP contribution in [-0.2, 0) is 0 Å². The Labute approximate surface area is 131 Å². The van der Waals surface area contributed by atoms with Gasteiger partial charge in [-0.3, -0.25) is 0 Å². The summed E-state index contributed by atoms with van der Waals surface area (Å²) in [5.74, 6) is -0.149. The molecule has 0 saturated carbocycles. The molecule has 0 bridgehead atoms. The zero-order chi connectivity index (χ0) is 15.2. The van der Waals surface area contributed by atoms with Crippen LogP contribution in [0, 0.1) is 12.7 Å². The van der Waals surface area contributed by atoms with Gasteiger partial charge in [-0.25, -0.2) is 4.39 Å². The van der Waals surface area contributed by atoms with Crippen LogP contribution in [0.4, 0.5) is 4.39 Å². The fourth-order valence-corrected chi connectivity index (χ4v) is 3.09. The highest BCUT2D eigenvalue weighted by atomic mass is 32.2. The number of hydrogen-bond donors (Lipinski definition) is 1. The van der Waals surface area contributed by atoms with Gasteiger partial charge in [0, 0.05) is 15.8 Å². The molecular formula is C18H22FNS. The topological polar surface area (TPSA) is 12.0 Å².